The number of carbonyl (C=O) groups excluding carboxylic acids is 6. The number of hydrogen-bond donors (Lipinski definition) is 6. The molecule has 0 saturated carbocycles. The fraction of sp³-hybridized carbons (Fsp3) is 0.348. The number of amides is 7. The SMILES string of the molecule is C[C@H](N)C(=O)N(c1ccc(NC(=O)CN2C(=O)C=CC2=O)cc1)[C@@H](CCCNC(N)=O)C(N)=O.O=C(O)C(F)(F)F. The summed E-state index contributed by atoms with van der Waals surface area (Å²) in [6.45, 7) is 1.19. The van der Waals surface area contributed by atoms with Crippen molar-refractivity contribution in [1.29, 1.82) is 0 Å². The van der Waals surface area contributed by atoms with E-state index in [9.17, 15) is 41.9 Å². The number of carboxylic acid groups (broad SMARTS) is 1. The molecule has 0 aromatic heterocycles. The van der Waals surface area contributed by atoms with Crippen molar-refractivity contribution in [3.63, 3.8) is 0 Å². The molecule has 0 aliphatic carbocycles. The minimum atomic E-state index is -5.08. The van der Waals surface area contributed by atoms with Gasteiger partial charge in [0.1, 0.15) is 12.6 Å². The van der Waals surface area contributed by atoms with Gasteiger partial charge in [-0.2, -0.15) is 13.2 Å². The quantitative estimate of drug-likeness (QED) is 0.139. The lowest BCUT2D eigenvalue weighted by molar-refractivity contribution is -0.192. The van der Waals surface area contributed by atoms with Crippen LogP contribution < -0.4 is 32.7 Å². The predicted octanol–water partition coefficient (Wildman–Crippen LogP) is -0.834. The lowest BCUT2D eigenvalue weighted by Crippen LogP contribution is -2.53. The van der Waals surface area contributed by atoms with Crippen LogP contribution in [0.25, 0.3) is 0 Å². The molecule has 1 heterocycles. The third-order valence-corrected chi connectivity index (χ3v) is 5.09. The number of halogens is 3. The number of benzene rings is 1. The molecule has 1 aromatic carbocycles. The normalized spacial score (nSPS) is 13.9. The van der Waals surface area contributed by atoms with E-state index < -0.39 is 66.3 Å². The van der Waals surface area contributed by atoms with Crippen molar-refractivity contribution in [3.8, 4) is 0 Å². The molecular formula is C23H28F3N7O8. The number of primary amides is 2. The Morgan fingerprint density at radius 3 is 1.95 bits per heavy atom. The third kappa shape index (κ3) is 10.9. The molecule has 7 amide bonds. The molecule has 0 bridgehead atoms. The highest BCUT2D eigenvalue weighted by atomic mass is 19.4. The molecule has 0 unspecified atom stereocenters. The van der Waals surface area contributed by atoms with Crippen LogP contribution in [0.3, 0.4) is 0 Å². The highest BCUT2D eigenvalue weighted by molar-refractivity contribution is 6.15. The molecule has 1 aliphatic rings. The van der Waals surface area contributed by atoms with Crippen LogP contribution in [0.2, 0.25) is 0 Å². The summed E-state index contributed by atoms with van der Waals surface area (Å²) in [5, 5.41) is 12.1. The second-order valence-corrected chi connectivity index (χ2v) is 8.34. The Kier molecular flexibility index (Phi) is 12.4. The zero-order chi connectivity index (χ0) is 31.5. The van der Waals surface area contributed by atoms with Crippen molar-refractivity contribution in [2.24, 2.45) is 17.2 Å². The van der Waals surface area contributed by atoms with Gasteiger partial charge in [0.15, 0.2) is 0 Å². The van der Waals surface area contributed by atoms with Crippen LogP contribution >= 0.6 is 0 Å². The van der Waals surface area contributed by atoms with Crippen LogP contribution in [0.15, 0.2) is 36.4 Å². The van der Waals surface area contributed by atoms with Crippen LogP contribution in [0.5, 0.6) is 0 Å². The molecule has 1 aliphatic heterocycles. The first kappa shape index (κ1) is 34.0. The summed E-state index contributed by atoms with van der Waals surface area (Å²) < 4.78 is 31.7. The van der Waals surface area contributed by atoms with Gasteiger partial charge in [-0.05, 0) is 44.0 Å². The van der Waals surface area contributed by atoms with E-state index in [1.54, 1.807) is 0 Å². The zero-order valence-electron chi connectivity index (χ0n) is 21.5. The number of urea groups is 1. The number of carbonyl (C=O) groups is 7. The number of nitrogens with two attached hydrogens (primary N) is 3. The lowest BCUT2D eigenvalue weighted by Gasteiger charge is -2.31. The maximum absolute atomic E-state index is 12.8. The highest BCUT2D eigenvalue weighted by Crippen LogP contribution is 2.23. The van der Waals surface area contributed by atoms with Crippen LogP contribution in [0.1, 0.15) is 19.8 Å². The summed E-state index contributed by atoms with van der Waals surface area (Å²) in [5.41, 5.74) is 17.0. The van der Waals surface area contributed by atoms with Crippen LogP contribution in [0, 0.1) is 0 Å². The standard InChI is InChI=1S/C21H27N7O6.C2HF3O2/c1-12(22)20(33)28(15(19(23)32)3-2-10-25-21(24)34)14-6-4-13(5-7-14)26-16(29)11-27-17(30)8-9-18(27)31;3-2(4,5)1(6)7/h4-9,12,15H,2-3,10-11,22H2,1H3,(H2,23,32)(H,26,29)(H3,24,25,34);(H,6,7)/t12-,15-;/m0./s1. The van der Waals surface area contributed by atoms with Crippen molar-refractivity contribution in [2.75, 3.05) is 23.3 Å². The van der Waals surface area contributed by atoms with Gasteiger partial charge >= 0.3 is 18.2 Å². The topological polar surface area (TPSA) is 248 Å². The van der Waals surface area contributed by atoms with Gasteiger partial charge in [0.25, 0.3) is 11.8 Å². The number of anilines is 2. The molecule has 224 valence electrons. The molecule has 2 rings (SSSR count). The molecule has 9 N–H and O–H groups in total. The first-order chi connectivity index (χ1) is 18.9. The summed E-state index contributed by atoms with van der Waals surface area (Å²) >= 11 is 0. The molecule has 15 nitrogen and oxygen atoms in total. The smallest absolute Gasteiger partial charge is 0.475 e. The van der Waals surface area contributed by atoms with Crippen LogP contribution in [-0.2, 0) is 28.8 Å². The highest BCUT2D eigenvalue weighted by Gasteiger charge is 2.38. The lowest BCUT2D eigenvalue weighted by atomic mass is 10.1. The van der Waals surface area contributed by atoms with Crippen LogP contribution in [0.4, 0.5) is 29.3 Å². The number of nitrogens with zero attached hydrogens (tertiary/aromatic N) is 2. The number of carboxylic acids is 1. The van der Waals surface area contributed by atoms with Gasteiger partial charge in [-0.1, -0.05) is 0 Å². The maximum Gasteiger partial charge on any atom is 0.490 e. The summed E-state index contributed by atoms with van der Waals surface area (Å²) in [7, 11) is 0. The van der Waals surface area contributed by atoms with E-state index in [0.29, 0.717) is 17.8 Å². The molecule has 0 saturated heterocycles. The zero-order valence-corrected chi connectivity index (χ0v) is 21.5. The van der Waals surface area contributed by atoms with Crippen LogP contribution in [-0.4, -0.2) is 82.9 Å². The monoisotopic (exact) mass is 587 g/mol. The third-order valence-electron chi connectivity index (χ3n) is 5.09. The van der Waals surface area contributed by atoms with E-state index in [2.05, 4.69) is 10.6 Å². The van der Waals surface area contributed by atoms with E-state index in [1.807, 2.05) is 0 Å². The second-order valence-electron chi connectivity index (χ2n) is 8.34. The van der Waals surface area contributed by atoms with Crippen molar-refractivity contribution in [2.45, 2.75) is 38.0 Å². The molecule has 18 heteroatoms. The van der Waals surface area contributed by atoms with Crippen molar-refractivity contribution < 1.29 is 51.8 Å². The molecule has 41 heavy (non-hydrogen) atoms. The van der Waals surface area contributed by atoms with Gasteiger partial charge in [0.05, 0.1) is 6.04 Å². The van der Waals surface area contributed by atoms with Gasteiger partial charge in [-0.3, -0.25) is 33.8 Å². The number of imide groups is 1. The molecular weight excluding hydrogens is 559 g/mol. The average Bonchev–Trinajstić information content (AvgIpc) is 3.17. The van der Waals surface area contributed by atoms with E-state index in [-0.39, 0.29) is 13.0 Å². The molecule has 0 fully saturated rings. The Bertz CT molecular complexity index is 1180. The number of hydrogen-bond acceptors (Lipinski definition) is 8. The van der Waals surface area contributed by atoms with E-state index >= 15 is 0 Å². The first-order valence-corrected chi connectivity index (χ1v) is 11.6. The minimum absolute atomic E-state index is 0.137. The van der Waals surface area contributed by atoms with Crippen molar-refractivity contribution in [3.05, 3.63) is 36.4 Å². The summed E-state index contributed by atoms with van der Waals surface area (Å²) in [5.74, 6) is -5.83. The second kappa shape index (κ2) is 15.0. The van der Waals surface area contributed by atoms with Gasteiger partial charge in [0.2, 0.25) is 17.7 Å². The van der Waals surface area contributed by atoms with Gasteiger partial charge in [0, 0.05) is 30.1 Å². The largest absolute Gasteiger partial charge is 0.490 e. The fourth-order valence-electron chi connectivity index (χ4n) is 3.22. The number of aliphatic carboxylic acids is 1. The van der Waals surface area contributed by atoms with Gasteiger partial charge in [-0.25, -0.2) is 9.59 Å². The van der Waals surface area contributed by atoms with Gasteiger partial charge in [-0.15, -0.1) is 0 Å². The Morgan fingerprint density at radius 1 is 1.02 bits per heavy atom. The number of nitrogens with one attached hydrogen (secondary N) is 2. The van der Waals surface area contributed by atoms with E-state index in [0.717, 1.165) is 17.1 Å². The Morgan fingerprint density at radius 2 is 1.54 bits per heavy atom. The summed E-state index contributed by atoms with van der Waals surface area (Å²) in [4.78, 5) is 82.0. The Balaban J connectivity index is 0.00000106. The average molecular weight is 588 g/mol. The number of alkyl halides is 3. The van der Waals surface area contributed by atoms with E-state index in [4.69, 9.17) is 27.1 Å². The van der Waals surface area contributed by atoms with Crippen molar-refractivity contribution in [1.82, 2.24) is 10.2 Å². The molecule has 0 radical (unpaired) electrons. The molecule has 1 aromatic rings. The Labute approximate surface area is 230 Å². The summed E-state index contributed by atoms with van der Waals surface area (Å²) in [6.07, 6.45) is -2.48. The molecule has 0 spiro atoms. The maximum atomic E-state index is 12.8. The first-order valence-electron chi connectivity index (χ1n) is 11.6. The van der Waals surface area contributed by atoms with E-state index in [1.165, 1.54) is 36.1 Å². The number of rotatable bonds is 11. The summed E-state index contributed by atoms with van der Waals surface area (Å²) in [6, 6.07) is 3.23. The van der Waals surface area contributed by atoms with Crippen molar-refractivity contribution >= 4 is 52.9 Å². The van der Waals surface area contributed by atoms with Gasteiger partial charge < -0.3 is 32.9 Å². The predicted molar refractivity (Wildman–Crippen MR) is 136 cm³/mol. The Hall–Kier alpha value is -5.00. The minimum Gasteiger partial charge on any atom is -0.475 e. The fourth-order valence-corrected chi connectivity index (χ4v) is 3.22. The molecule has 2 atom stereocenters.